The first-order valence-corrected chi connectivity index (χ1v) is 6.70. The Balaban J connectivity index is 0.000000396. The summed E-state index contributed by atoms with van der Waals surface area (Å²) in [7, 11) is 0. The second-order valence-electron chi connectivity index (χ2n) is 4.60. The smallest absolute Gasteiger partial charge is 0.300 e. The number of hydrogen-bond acceptors (Lipinski definition) is 3. The molecule has 0 fully saturated rings. The van der Waals surface area contributed by atoms with Gasteiger partial charge in [0.2, 0.25) is 0 Å². The Morgan fingerprint density at radius 2 is 1.50 bits per heavy atom. The van der Waals surface area contributed by atoms with Gasteiger partial charge in [0.25, 0.3) is 5.97 Å². The van der Waals surface area contributed by atoms with Crippen molar-refractivity contribution in [3.8, 4) is 17.2 Å². The normalized spacial score (nSPS) is 9.68. The Morgan fingerprint density at radius 1 is 0.909 bits per heavy atom. The van der Waals surface area contributed by atoms with E-state index in [1.165, 1.54) is 5.39 Å². The molecule has 3 aromatic rings. The number of fused-ring (bicyclic) bond motifs is 1. The minimum absolute atomic E-state index is 0.144. The largest absolute Gasteiger partial charge is 0.504 e. The molecule has 0 aliphatic heterocycles. The highest BCUT2D eigenvalue weighted by Gasteiger charge is 2.03. The maximum absolute atomic E-state index is 9.66. The molecular formula is C18H16O4. The molecule has 3 rings (SSSR count). The molecule has 0 bridgehead atoms. The van der Waals surface area contributed by atoms with Gasteiger partial charge < -0.3 is 14.9 Å². The standard InChI is InChI=1S/C16H12O2.C2H4O2/c17-15-7-3-4-8-16(15)18-14-10-9-12-5-1-2-6-13(12)11-14;1-2(3)4/h1-11,17H;1H3,(H,3,4). The summed E-state index contributed by atoms with van der Waals surface area (Å²) in [5.41, 5.74) is 0. The molecule has 0 atom stereocenters. The van der Waals surface area contributed by atoms with Crippen LogP contribution in [-0.2, 0) is 4.79 Å². The van der Waals surface area contributed by atoms with Crippen molar-refractivity contribution in [2.75, 3.05) is 0 Å². The van der Waals surface area contributed by atoms with Gasteiger partial charge in [-0.05, 0) is 35.0 Å². The van der Waals surface area contributed by atoms with E-state index in [0.29, 0.717) is 5.75 Å². The van der Waals surface area contributed by atoms with Crippen LogP contribution in [0.5, 0.6) is 17.2 Å². The van der Waals surface area contributed by atoms with Crippen LogP contribution in [0.25, 0.3) is 10.8 Å². The van der Waals surface area contributed by atoms with Gasteiger partial charge >= 0.3 is 0 Å². The topological polar surface area (TPSA) is 66.8 Å². The number of ether oxygens (including phenoxy) is 1. The Kier molecular flexibility index (Phi) is 4.98. The van der Waals surface area contributed by atoms with Gasteiger partial charge in [0, 0.05) is 6.92 Å². The van der Waals surface area contributed by atoms with E-state index in [1.54, 1.807) is 18.2 Å². The second kappa shape index (κ2) is 7.13. The summed E-state index contributed by atoms with van der Waals surface area (Å²) in [5, 5.41) is 19.4. The lowest BCUT2D eigenvalue weighted by atomic mass is 10.1. The van der Waals surface area contributed by atoms with Crippen molar-refractivity contribution in [3.63, 3.8) is 0 Å². The molecule has 0 spiro atoms. The molecule has 3 aromatic carbocycles. The lowest BCUT2D eigenvalue weighted by molar-refractivity contribution is -0.134. The quantitative estimate of drug-likeness (QED) is 0.734. The zero-order chi connectivity index (χ0) is 15.9. The molecule has 0 saturated heterocycles. The fourth-order valence-electron chi connectivity index (χ4n) is 1.90. The number of aromatic hydroxyl groups is 1. The molecule has 0 aliphatic carbocycles. The van der Waals surface area contributed by atoms with E-state index < -0.39 is 5.97 Å². The van der Waals surface area contributed by atoms with E-state index in [-0.39, 0.29) is 5.75 Å². The lowest BCUT2D eigenvalue weighted by Crippen LogP contribution is -1.84. The summed E-state index contributed by atoms with van der Waals surface area (Å²) < 4.78 is 5.67. The Bertz CT molecular complexity index is 777. The van der Waals surface area contributed by atoms with E-state index in [4.69, 9.17) is 14.6 Å². The number of aliphatic carboxylic acids is 1. The highest BCUT2D eigenvalue weighted by Crippen LogP contribution is 2.31. The Morgan fingerprint density at radius 3 is 2.18 bits per heavy atom. The molecule has 0 amide bonds. The molecule has 0 aromatic heterocycles. The first-order valence-electron chi connectivity index (χ1n) is 6.70. The number of carboxylic acids is 1. The Hall–Kier alpha value is -3.01. The molecule has 0 saturated carbocycles. The van der Waals surface area contributed by atoms with Crippen LogP contribution < -0.4 is 4.74 Å². The Labute approximate surface area is 128 Å². The highest BCUT2D eigenvalue weighted by atomic mass is 16.5. The summed E-state index contributed by atoms with van der Waals surface area (Å²) >= 11 is 0. The molecule has 22 heavy (non-hydrogen) atoms. The summed E-state index contributed by atoms with van der Waals surface area (Å²) in [5.74, 6) is 0.494. The third-order valence-corrected chi connectivity index (χ3v) is 2.81. The van der Waals surface area contributed by atoms with E-state index in [0.717, 1.165) is 18.1 Å². The van der Waals surface area contributed by atoms with Gasteiger partial charge in [0.1, 0.15) is 5.75 Å². The number of carboxylic acid groups (broad SMARTS) is 1. The number of phenolic OH excluding ortho intramolecular Hbond substituents is 1. The maximum Gasteiger partial charge on any atom is 0.300 e. The first-order chi connectivity index (χ1) is 10.6. The van der Waals surface area contributed by atoms with Crippen LogP contribution in [0.4, 0.5) is 0 Å². The summed E-state index contributed by atoms with van der Waals surface area (Å²) in [4.78, 5) is 9.00. The van der Waals surface area contributed by atoms with Gasteiger partial charge in [-0.2, -0.15) is 0 Å². The average molecular weight is 296 g/mol. The molecule has 0 radical (unpaired) electrons. The molecule has 0 heterocycles. The van der Waals surface area contributed by atoms with Gasteiger partial charge in [-0.1, -0.05) is 42.5 Å². The van der Waals surface area contributed by atoms with Crippen molar-refractivity contribution in [1.29, 1.82) is 0 Å². The molecule has 2 N–H and O–H groups in total. The van der Waals surface area contributed by atoms with Crippen LogP contribution in [0, 0.1) is 0 Å². The second-order valence-corrected chi connectivity index (χ2v) is 4.60. The molecule has 4 nitrogen and oxygen atoms in total. The third-order valence-electron chi connectivity index (χ3n) is 2.81. The monoisotopic (exact) mass is 296 g/mol. The number of carbonyl (C=O) groups is 1. The maximum atomic E-state index is 9.66. The third kappa shape index (κ3) is 4.24. The minimum atomic E-state index is -0.833. The molecule has 112 valence electrons. The van der Waals surface area contributed by atoms with E-state index in [2.05, 4.69) is 6.07 Å². The number of benzene rings is 3. The molecular weight excluding hydrogens is 280 g/mol. The zero-order valence-corrected chi connectivity index (χ0v) is 12.1. The summed E-state index contributed by atoms with van der Waals surface area (Å²) in [6, 6.07) is 20.9. The number of phenols is 1. The van der Waals surface area contributed by atoms with Gasteiger partial charge in [-0.15, -0.1) is 0 Å². The number of rotatable bonds is 2. The minimum Gasteiger partial charge on any atom is -0.504 e. The predicted octanol–water partition coefficient (Wildman–Crippen LogP) is 4.43. The fraction of sp³-hybridized carbons (Fsp3) is 0.0556. The van der Waals surface area contributed by atoms with E-state index >= 15 is 0 Å². The fourth-order valence-corrected chi connectivity index (χ4v) is 1.90. The average Bonchev–Trinajstić information content (AvgIpc) is 2.49. The lowest BCUT2D eigenvalue weighted by Gasteiger charge is -2.08. The van der Waals surface area contributed by atoms with Gasteiger partial charge in [0.05, 0.1) is 0 Å². The van der Waals surface area contributed by atoms with Crippen molar-refractivity contribution in [1.82, 2.24) is 0 Å². The number of hydrogen-bond donors (Lipinski definition) is 2. The first kappa shape index (κ1) is 15.4. The van der Waals surface area contributed by atoms with Gasteiger partial charge in [0.15, 0.2) is 11.5 Å². The van der Waals surface area contributed by atoms with Crippen LogP contribution >= 0.6 is 0 Å². The highest BCUT2D eigenvalue weighted by molar-refractivity contribution is 5.83. The van der Waals surface area contributed by atoms with Crippen LogP contribution in [0.3, 0.4) is 0 Å². The van der Waals surface area contributed by atoms with Crippen molar-refractivity contribution in [2.24, 2.45) is 0 Å². The van der Waals surface area contributed by atoms with E-state index in [9.17, 15) is 5.11 Å². The van der Waals surface area contributed by atoms with Crippen LogP contribution in [0.2, 0.25) is 0 Å². The van der Waals surface area contributed by atoms with Crippen molar-refractivity contribution >= 4 is 16.7 Å². The SMILES string of the molecule is CC(=O)O.Oc1ccccc1Oc1ccc2ccccc2c1. The molecule has 4 heteroatoms. The van der Waals surface area contributed by atoms with Crippen molar-refractivity contribution in [3.05, 3.63) is 66.7 Å². The van der Waals surface area contributed by atoms with Crippen LogP contribution in [-0.4, -0.2) is 16.2 Å². The zero-order valence-electron chi connectivity index (χ0n) is 12.1. The van der Waals surface area contributed by atoms with Crippen LogP contribution in [0.1, 0.15) is 6.92 Å². The van der Waals surface area contributed by atoms with Crippen molar-refractivity contribution < 1.29 is 19.7 Å². The molecule has 0 unspecified atom stereocenters. The van der Waals surface area contributed by atoms with Gasteiger partial charge in [-0.25, -0.2) is 0 Å². The molecule has 0 aliphatic rings. The van der Waals surface area contributed by atoms with Crippen LogP contribution in [0.15, 0.2) is 66.7 Å². The summed E-state index contributed by atoms with van der Waals surface area (Å²) in [6.45, 7) is 1.08. The number of para-hydroxylation sites is 2. The van der Waals surface area contributed by atoms with Gasteiger partial charge in [-0.3, -0.25) is 4.79 Å². The summed E-state index contributed by atoms with van der Waals surface area (Å²) in [6.07, 6.45) is 0. The van der Waals surface area contributed by atoms with Crippen molar-refractivity contribution in [2.45, 2.75) is 6.92 Å². The van der Waals surface area contributed by atoms with E-state index in [1.807, 2.05) is 42.5 Å². The predicted molar refractivity (Wildman–Crippen MR) is 85.4 cm³/mol.